The summed E-state index contributed by atoms with van der Waals surface area (Å²) in [5, 5.41) is 9.65. The third kappa shape index (κ3) is 1.92. The third-order valence-electron chi connectivity index (χ3n) is 2.28. The molecule has 0 aliphatic carbocycles. The van der Waals surface area contributed by atoms with Crippen LogP contribution in [0.15, 0.2) is 6.07 Å². The molecule has 1 rings (SSSR count). The van der Waals surface area contributed by atoms with Crippen LogP contribution < -0.4 is 0 Å². The fraction of sp³-hybridized carbons (Fsp3) is 0.600. The summed E-state index contributed by atoms with van der Waals surface area (Å²) in [6.07, 6.45) is -0.802. The zero-order valence-electron chi connectivity index (χ0n) is 8.66. The molecule has 0 aliphatic rings. The van der Waals surface area contributed by atoms with Crippen LogP contribution in [-0.4, -0.2) is 16.3 Å². The van der Waals surface area contributed by atoms with E-state index < -0.39 is 6.29 Å². The van der Waals surface area contributed by atoms with E-state index in [1.807, 2.05) is 38.5 Å². The Hall–Kier alpha value is -0.800. The van der Waals surface area contributed by atoms with Gasteiger partial charge in [0.2, 0.25) is 0 Å². The Morgan fingerprint density at radius 2 is 2.15 bits per heavy atom. The molecule has 0 amide bonds. The average Bonchev–Trinajstić information content (AvgIpc) is 2.27. The largest absolute Gasteiger partial charge is 0.363 e. The third-order valence-corrected chi connectivity index (χ3v) is 2.28. The quantitative estimate of drug-likeness (QED) is 0.723. The van der Waals surface area contributed by atoms with Gasteiger partial charge < -0.3 is 14.4 Å². The number of aliphatic hydroxyl groups is 1. The van der Waals surface area contributed by atoms with Crippen LogP contribution >= 0.6 is 0 Å². The van der Waals surface area contributed by atoms with Gasteiger partial charge in [0.15, 0.2) is 6.29 Å². The highest BCUT2D eigenvalue weighted by Gasteiger charge is 2.15. The van der Waals surface area contributed by atoms with Crippen molar-refractivity contribution >= 4 is 0 Å². The maximum atomic E-state index is 9.65. The zero-order chi connectivity index (χ0) is 10.0. The van der Waals surface area contributed by atoms with Crippen LogP contribution in [0.25, 0.3) is 0 Å². The van der Waals surface area contributed by atoms with E-state index in [1.165, 1.54) is 0 Å². The highest BCUT2D eigenvalue weighted by molar-refractivity contribution is 5.26. The Kier molecular flexibility index (Phi) is 3.12. The summed E-state index contributed by atoms with van der Waals surface area (Å²) in [5.41, 5.74) is 3.05. The fourth-order valence-electron chi connectivity index (χ4n) is 1.54. The van der Waals surface area contributed by atoms with Gasteiger partial charge in [-0.05, 0) is 32.4 Å². The molecule has 13 heavy (non-hydrogen) atoms. The molecule has 74 valence electrons. The second kappa shape index (κ2) is 3.94. The Morgan fingerprint density at radius 3 is 2.54 bits per heavy atom. The van der Waals surface area contributed by atoms with Crippen LogP contribution in [0.4, 0.5) is 0 Å². The van der Waals surface area contributed by atoms with E-state index in [0.717, 1.165) is 17.0 Å². The molecule has 3 heteroatoms. The van der Waals surface area contributed by atoms with Crippen LogP contribution in [0.5, 0.6) is 0 Å². The SMILES string of the molecule is CCOC(O)c1c(C)cc(C)n1C. The summed E-state index contributed by atoms with van der Waals surface area (Å²) in [4.78, 5) is 0. The van der Waals surface area contributed by atoms with Crippen molar-refractivity contribution in [2.24, 2.45) is 7.05 Å². The molecule has 0 bridgehead atoms. The van der Waals surface area contributed by atoms with Crippen molar-refractivity contribution in [1.29, 1.82) is 0 Å². The van der Waals surface area contributed by atoms with Crippen molar-refractivity contribution in [2.45, 2.75) is 27.1 Å². The summed E-state index contributed by atoms with van der Waals surface area (Å²) >= 11 is 0. The van der Waals surface area contributed by atoms with Crippen molar-refractivity contribution in [3.63, 3.8) is 0 Å². The molecule has 1 unspecified atom stereocenters. The average molecular weight is 183 g/mol. The minimum Gasteiger partial charge on any atom is -0.363 e. The normalized spacial score (nSPS) is 13.3. The summed E-state index contributed by atoms with van der Waals surface area (Å²) in [6.45, 7) is 6.37. The van der Waals surface area contributed by atoms with E-state index in [2.05, 4.69) is 0 Å². The monoisotopic (exact) mass is 183 g/mol. The van der Waals surface area contributed by atoms with Crippen LogP contribution in [0, 0.1) is 13.8 Å². The molecule has 0 spiro atoms. The van der Waals surface area contributed by atoms with E-state index in [4.69, 9.17) is 4.74 Å². The van der Waals surface area contributed by atoms with Crippen LogP contribution in [-0.2, 0) is 11.8 Å². The number of hydrogen-bond acceptors (Lipinski definition) is 2. The number of aromatic nitrogens is 1. The Labute approximate surface area is 78.9 Å². The van der Waals surface area contributed by atoms with Crippen molar-refractivity contribution < 1.29 is 9.84 Å². The maximum absolute atomic E-state index is 9.65. The smallest absolute Gasteiger partial charge is 0.196 e. The molecule has 1 aromatic heterocycles. The summed E-state index contributed by atoms with van der Waals surface area (Å²) < 4.78 is 7.09. The Bertz CT molecular complexity index is 291. The predicted octanol–water partition coefficient (Wildman–Crippen LogP) is 1.67. The van der Waals surface area contributed by atoms with Gasteiger partial charge in [-0.2, -0.15) is 0 Å². The summed E-state index contributed by atoms with van der Waals surface area (Å²) in [5.74, 6) is 0. The molecule has 0 aliphatic heterocycles. The molecule has 0 saturated carbocycles. The zero-order valence-corrected chi connectivity index (χ0v) is 8.66. The van der Waals surface area contributed by atoms with Crippen molar-refractivity contribution in [3.8, 4) is 0 Å². The van der Waals surface area contributed by atoms with Crippen molar-refractivity contribution in [3.05, 3.63) is 23.0 Å². The lowest BCUT2D eigenvalue weighted by Gasteiger charge is -2.13. The lowest BCUT2D eigenvalue weighted by Crippen LogP contribution is -2.09. The number of nitrogens with zero attached hydrogens (tertiary/aromatic N) is 1. The van der Waals surface area contributed by atoms with Crippen LogP contribution in [0.1, 0.15) is 30.2 Å². The molecular weight excluding hydrogens is 166 g/mol. The first-order chi connectivity index (χ1) is 6.07. The van der Waals surface area contributed by atoms with Gasteiger partial charge in [-0.3, -0.25) is 0 Å². The van der Waals surface area contributed by atoms with Crippen LogP contribution in [0.3, 0.4) is 0 Å². The Balaban J connectivity index is 2.98. The molecular formula is C10H17NO2. The first kappa shape index (κ1) is 10.3. The first-order valence-electron chi connectivity index (χ1n) is 4.50. The van der Waals surface area contributed by atoms with E-state index in [1.54, 1.807) is 0 Å². The van der Waals surface area contributed by atoms with Crippen molar-refractivity contribution in [1.82, 2.24) is 4.57 Å². The molecule has 1 atom stereocenters. The first-order valence-corrected chi connectivity index (χ1v) is 4.50. The molecule has 1 aromatic rings. The van der Waals surface area contributed by atoms with Gasteiger partial charge in [-0.15, -0.1) is 0 Å². The lowest BCUT2D eigenvalue weighted by atomic mass is 10.2. The standard InChI is InChI=1S/C10H17NO2/c1-5-13-10(12)9-7(2)6-8(3)11(9)4/h6,10,12H,5H2,1-4H3. The van der Waals surface area contributed by atoms with Gasteiger partial charge in [0.25, 0.3) is 0 Å². The molecule has 0 fully saturated rings. The molecule has 0 aromatic carbocycles. The predicted molar refractivity (Wildman–Crippen MR) is 51.5 cm³/mol. The number of aryl methyl sites for hydroxylation is 2. The summed E-state index contributed by atoms with van der Waals surface area (Å²) in [6, 6.07) is 2.04. The number of ether oxygens (including phenoxy) is 1. The number of rotatable bonds is 3. The van der Waals surface area contributed by atoms with Gasteiger partial charge >= 0.3 is 0 Å². The van der Waals surface area contributed by atoms with Crippen LogP contribution in [0.2, 0.25) is 0 Å². The minimum absolute atomic E-state index is 0.519. The molecule has 0 saturated heterocycles. The van der Waals surface area contributed by atoms with Gasteiger partial charge in [0.05, 0.1) is 5.69 Å². The maximum Gasteiger partial charge on any atom is 0.196 e. The molecule has 0 radical (unpaired) electrons. The number of aliphatic hydroxyl groups excluding tert-OH is 1. The molecule has 1 N–H and O–H groups in total. The molecule has 3 nitrogen and oxygen atoms in total. The minimum atomic E-state index is -0.802. The van der Waals surface area contributed by atoms with E-state index in [0.29, 0.717) is 6.61 Å². The van der Waals surface area contributed by atoms with Gasteiger partial charge in [0.1, 0.15) is 0 Å². The highest BCUT2D eigenvalue weighted by atomic mass is 16.6. The van der Waals surface area contributed by atoms with E-state index in [-0.39, 0.29) is 0 Å². The topological polar surface area (TPSA) is 34.4 Å². The fourth-order valence-corrected chi connectivity index (χ4v) is 1.54. The number of hydrogen-bond donors (Lipinski definition) is 1. The lowest BCUT2D eigenvalue weighted by molar-refractivity contribution is -0.103. The second-order valence-corrected chi connectivity index (χ2v) is 3.22. The summed E-state index contributed by atoms with van der Waals surface area (Å²) in [7, 11) is 1.93. The van der Waals surface area contributed by atoms with Gasteiger partial charge in [0, 0.05) is 19.3 Å². The van der Waals surface area contributed by atoms with E-state index in [9.17, 15) is 5.11 Å². The van der Waals surface area contributed by atoms with Crippen molar-refractivity contribution in [2.75, 3.05) is 6.61 Å². The Morgan fingerprint density at radius 1 is 1.54 bits per heavy atom. The highest BCUT2D eigenvalue weighted by Crippen LogP contribution is 2.21. The molecule has 1 heterocycles. The van der Waals surface area contributed by atoms with Gasteiger partial charge in [-0.25, -0.2) is 0 Å². The van der Waals surface area contributed by atoms with E-state index >= 15 is 0 Å². The van der Waals surface area contributed by atoms with Gasteiger partial charge in [-0.1, -0.05) is 0 Å². The second-order valence-electron chi connectivity index (χ2n) is 3.22.